The van der Waals surface area contributed by atoms with Crippen LogP contribution in [0.15, 0.2) is 65.6 Å². The highest BCUT2D eigenvalue weighted by atomic mass is 16.5. The molecule has 0 spiro atoms. The van der Waals surface area contributed by atoms with E-state index in [0.717, 1.165) is 22.4 Å². The predicted molar refractivity (Wildman–Crippen MR) is 97.7 cm³/mol. The SMILES string of the molecule is COc1ccc(Cn2cc(C#N)ccc2=O)cc1-c1cccc(C)c1. The van der Waals surface area contributed by atoms with Crippen molar-refractivity contribution in [2.24, 2.45) is 0 Å². The Labute approximate surface area is 146 Å². The second-order valence-corrected chi connectivity index (χ2v) is 5.90. The van der Waals surface area contributed by atoms with E-state index < -0.39 is 0 Å². The van der Waals surface area contributed by atoms with Crippen LogP contribution in [0.5, 0.6) is 5.75 Å². The van der Waals surface area contributed by atoms with Crippen molar-refractivity contribution in [3.8, 4) is 22.9 Å². The molecule has 25 heavy (non-hydrogen) atoms. The number of pyridine rings is 1. The Morgan fingerprint density at radius 2 is 1.96 bits per heavy atom. The largest absolute Gasteiger partial charge is 0.496 e. The molecule has 0 radical (unpaired) electrons. The van der Waals surface area contributed by atoms with E-state index in [1.165, 1.54) is 17.7 Å². The minimum absolute atomic E-state index is 0.132. The average molecular weight is 330 g/mol. The maximum absolute atomic E-state index is 12.0. The first-order valence-electron chi connectivity index (χ1n) is 7.95. The Morgan fingerprint density at radius 1 is 1.12 bits per heavy atom. The highest BCUT2D eigenvalue weighted by molar-refractivity contribution is 5.71. The molecule has 0 aliphatic rings. The molecule has 0 amide bonds. The van der Waals surface area contributed by atoms with E-state index in [0.29, 0.717) is 12.1 Å². The third kappa shape index (κ3) is 3.61. The fourth-order valence-electron chi connectivity index (χ4n) is 2.81. The van der Waals surface area contributed by atoms with Gasteiger partial charge in [-0.05, 0) is 36.2 Å². The molecule has 4 nitrogen and oxygen atoms in total. The molecule has 0 fully saturated rings. The zero-order valence-electron chi connectivity index (χ0n) is 14.2. The van der Waals surface area contributed by atoms with E-state index in [1.807, 2.05) is 43.3 Å². The van der Waals surface area contributed by atoms with Crippen molar-refractivity contribution in [2.45, 2.75) is 13.5 Å². The minimum atomic E-state index is -0.132. The van der Waals surface area contributed by atoms with Gasteiger partial charge in [0.05, 0.1) is 19.2 Å². The van der Waals surface area contributed by atoms with Gasteiger partial charge in [-0.25, -0.2) is 0 Å². The van der Waals surface area contributed by atoms with Crippen LogP contribution in [0.2, 0.25) is 0 Å². The summed E-state index contributed by atoms with van der Waals surface area (Å²) >= 11 is 0. The Morgan fingerprint density at radius 3 is 2.68 bits per heavy atom. The van der Waals surface area contributed by atoms with Crippen LogP contribution in [0, 0.1) is 18.3 Å². The first kappa shape index (κ1) is 16.5. The molecule has 4 heteroatoms. The number of nitrogens with zero attached hydrogens (tertiary/aromatic N) is 2. The van der Waals surface area contributed by atoms with Gasteiger partial charge in [-0.3, -0.25) is 4.79 Å². The van der Waals surface area contributed by atoms with Crippen molar-refractivity contribution in [3.63, 3.8) is 0 Å². The maximum atomic E-state index is 12.0. The molecular formula is C21H18N2O2. The standard InChI is InChI=1S/C21H18N2O2/c1-15-4-3-5-18(10-15)19-11-16(6-8-20(19)25-2)13-23-14-17(12-22)7-9-21(23)24/h3-11,14H,13H2,1-2H3. The zero-order chi connectivity index (χ0) is 17.8. The smallest absolute Gasteiger partial charge is 0.250 e. The summed E-state index contributed by atoms with van der Waals surface area (Å²) in [5.74, 6) is 0.785. The van der Waals surface area contributed by atoms with Crippen LogP contribution in [0.1, 0.15) is 16.7 Å². The van der Waals surface area contributed by atoms with Gasteiger partial charge in [0, 0.05) is 17.8 Å². The van der Waals surface area contributed by atoms with E-state index >= 15 is 0 Å². The summed E-state index contributed by atoms with van der Waals surface area (Å²) in [6, 6.07) is 19.1. The lowest BCUT2D eigenvalue weighted by atomic mass is 10.00. The Balaban J connectivity index is 2.03. The van der Waals surface area contributed by atoms with Gasteiger partial charge in [-0.15, -0.1) is 0 Å². The average Bonchev–Trinajstić information content (AvgIpc) is 2.63. The molecule has 2 aromatic carbocycles. The molecule has 1 aromatic heterocycles. The fraction of sp³-hybridized carbons (Fsp3) is 0.143. The number of benzene rings is 2. The van der Waals surface area contributed by atoms with E-state index in [1.54, 1.807) is 17.9 Å². The van der Waals surface area contributed by atoms with Crippen molar-refractivity contribution in [2.75, 3.05) is 7.11 Å². The van der Waals surface area contributed by atoms with Crippen molar-refractivity contribution in [1.29, 1.82) is 5.26 Å². The number of nitriles is 1. The molecular weight excluding hydrogens is 312 g/mol. The summed E-state index contributed by atoms with van der Waals surface area (Å²) in [4.78, 5) is 12.0. The van der Waals surface area contributed by atoms with Crippen molar-refractivity contribution in [3.05, 3.63) is 87.8 Å². The predicted octanol–water partition coefficient (Wildman–Crippen LogP) is 3.75. The molecule has 0 aliphatic heterocycles. The van der Waals surface area contributed by atoms with Gasteiger partial charge < -0.3 is 9.30 Å². The number of methoxy groups -OCH3 is 1. The van der Waals surface area contributed by atoms with Crippen LogP contribution in [0.4, 0.5) is 0 Å². The molecule has 124 valence electrons. The number of hydrogen-bond acceptors (Lipinski definition) is 3. The van der Waals surface area contributed by atoms with Crippen LogP contribution in [0.25, 0.3) is 11.1 Å². The van der Waals surface area contributed by atoms with Gasteiger partial charge in [-0.1, -0.05) is 35.9 Å². The van der Waals surface area contributed by atoms with E-state index in [-0.39, 0.29) is 5.56 Å². The number of rotatable bonds is 4. The molecule has 0 N–H and O–H groups in total. The highest BCUT2D eigenvalue weighted by Crippen LogP contribution is 2.31. The van der Waals surface area contributed by atoms with Gasteiger partial charge in [0.1, 0.15) is 11.8 Å². The summed E-state index contributed by atoms with van der Waals surface area (Å²) in [6.07, 6.45) is 1.58. The quantitative estimate of drug-likeness (QED) is 0.732. The van der Waals surface area contributed by atoms with Gasteiger partial charge in [0.2, 0.25) is 0 Å². The van der Waals surface area contributed by atoms with Gasteiger partial charge in [-0.2, -0.15) is 5.26 Å². The Bertz CT molecular complexity index is 1010. The Hall–Kier alpha value is -3.32. The monoisotopic (exact) mass is 330 g/mol. The van der Waals surface area contributed by atoms with Crippen molar-refractivity contribution >= 4 is 0 Å². The Kier molecular flexibility index (Phi) is 4.67. The molecule has 3 rings (SSSR count). The molecule has 1 heterocycles. The van der Waals surface area contributed by atoms with E-state index in [4.69, 9.17) is 10.00 Å². The lowest BCUT2D eigenvalue weighted by molar-refractivity contribution is 0.416. The summed E-state index contributed by atoms with van der Waals surface area (Å²) < 4.78 is 7.04. The third-order valence-corrected chi connectivity index (χ3v) is 4.06. The number of hydrogen-bond donors (Lipinski definition) is 0. The van der Waals surface area contributed by atoms with Crippen LogP contribution >= 0.6 is 0 Å². The van der Waals surface area contributed by atoms with E-state index in [9.17, 15) is 4.79 Å². The topological polar surface area (TPSA) is 55.0 Å². The summed E-state index contributed by atoms with van der Waals surface area (Å²) in [5, 5.41) is 9.02. The number of aromatic nitrogens is 1. The second-order valence-electron chi connectivity index (χ2n) is 5.90. The van der Waals surface area contributed by atoms with Crippen LogP contribution < -0.4 is 10.3 Å². The third-order valence-electron chi connectivity index (χ3n) is 4.06. The lowest BCUT2D eigenvalue weighted by Gasteiger charge is -2.13. The first-order valence-corrected chi connectivity index (χ1v) is 7.95. The molecule has 0 saturated heterocycles. The highest BCUT2D eigenvalue weighted by Gasteiger charge is 2.09. The molecule has 0 bridgehead atoms. The summed E-state index contributed by atoms with van der Waals surface area (Å²) in [6.45, 7) is 2.45. The fourth-order valence-corrected chi connectivity index (χ4v) is 2.81. The van der Waals surface area contributed by atoms with Gasteiger partial charge in [0.15, 0.2) is 0 Å². The van der Waals surface area contributed by atoms with Crippen molar-refractivity contribution in [1.82, 2.24) is 4.57 Å². The van der Waals surface area contributed by atoms with Crippen molar-refractivity contribution < 1.29 is 4.74 Å². The molecule has 0 aliphatic carbocycles. The maximum Gasteiger partial charge on any atom is 0.250 e. The minimum Gasteiger partial charge on any atom is -0.496 e. The second kappa shape index (κ2) is 7.06. The van der Waals surface area contributed by atoms with Gasteiger partial charge in [0.25, 0.3) is 5.56 Å². The zero-order valence-corrected chi connectivity index (χ0v) is 14.2. The summed E-state index contributed by atoms with van der Waals surface area (Å²) in [5.41, 5.74) is 4.52. The van der Waals surface area contributed by atoms with Crippen LogP contribution in [-0.4, -0.2) is 11.7 Å². The number of ether oxygens (including phenoxy) is 1. The molecule has 3 aromatic rings. The van der Waals surface area contributed by atoms with Gasteiger partial charge >= 0.3 is 0 Å². The van der Waals surface area contributed by atoms with Crippen LogP contribution in [0.3, 0.4) is 0 Å². The van der Waals surface area contributed by atoms with E-state index in [2.05, 4.69) is 12.1 Å². The van der Waals surface area contributed by atoms with Crippen LogP contribution in [-0.2, 0) is 6.54 Å². The lowest BCUT2D eigenvalue weighted by Crippen LogP contribution is -2.19. The molecule has 0 unspecified atom stereocenters. The normalized spacial score (nSPS) is 10.3. The number of aryl methyl sites for hydroxylation is 1. The molecule has 0 saturated carbocycles. The molecule has 0 atom stereocenters. The first-order chi connectivity index (χ1) is 12.1. The summed E-state index contributed by atoms with van der Waals surface area (Å²) in [7, 11) is 1.65.